The zero-order valence-electron chi connectivity index (χ0n) is 18.4. The highest BCUT2D eigenvalue weighted by Crippen LogP contribution is 2.38. The minimum atomic E-state index is -2.44. The summed E-state index contributed by atoms with van der Waals surface area (Å²) in [6, 6.07) is 14.7. The Hall–Kier alpha value is -1.64. The van der Waals surface area contributed by atoms with Gasteiger partial charge in [-0.2, -0.15) is 0 Å². The van der Waals surface area contributed by atoms with Crippen LogP contribution in [0.4, 0.5) is 0 Å². The second kappa shape index (κ2) is 9.08. The average Bonchev–Trinajstić information content (AvgIpc) is 3.16. The van der Waals surface area contributed by atoms with Crippen LogP contribution in [0.3, 0.4) is 0 Å². The van der Waals surface area contributed by atoms with Gasteiger partial charge in [0.2, 0.25) is 8.32 Å². The van der Waals surface area contributed by atoms with Crippen LogP contribution in [0.5, 0.6) is 0 Å². The summed E-state index contributed by atoms with van der Waals surface area (Å²) >= 11 is 3.27. The van der Waals surface area contributed by atoms with Crippen molar-refractivity contribution < 1.29 is 9.59 Å². The molecular formula is C24H30N2O2S2Si. The molecule has 3 aromatic rings. The van der Waals surface area contributed by atoms with Gasteiger partial charge in [0.25, 0.3) is 5.91 Å². The third-order valence-electron chi connectivity index (χ3n) is 6.21. The van der Waals surface area contributed by atoms with Crippen LogP contribution in [-0.2, 0) is 6.54 Å². The van der Waals surface area contributed by atoms with Crippen molar-refractivity contribution in [2.75, 3.05) is 19.3 Å². The molecule has 1 amide bonds. The van der Waals surface area contributed by atoms with E-state index < -0.39 is 8.32 Å². The van der Waals surface area contributed by atoms with Gasteiger partial charge >= 0.3 is 0 Å². The van der Waals surface area contributed by atoms with Crippen LogP contribution in [0.2, 0.25) is 13.1 Å². The van der Waals surface area contributed by atoms with Gasteiger partial charge < -0.3 is 15.4 Å². The Morgan fingerprint density at radius 2 is 1.94 bits per heavy atom. The van der Waals surface area contributed by atoms with Crippen LogP contribution < -0.4 is 10.9 Å². The number of thioether (sulfide) groups is 1. The summed E-state index contributed by atoms with van der Waals surface area (Å²) in [4.78, 5) is 26.9. The van der Waals surface area contributed by atoms with Gasteiger partial charge in [-0.25, -0.2) is 0 Å². The first kappa shape index (κ1) is 22.5. The van der Waals surface area contributed by atoms with Gasteiger partial charge in [0.1, 0.15) is 4.88 Å². The number of thiophene rings is 1. The Kier molecular flexibility index (Phi) is 6.60. The molecule has 0 radical (unpaired) electrons. The monoisotopic (exact) mass is 470 g/mol. The third kappa shape index (κ3) is 4.61. The highest BCUT2D eigenvalue weighted by molar-refractivity contribution is 8.00. The Labute approximate surface area is 193 Å². The quantitative estimate of drug-likeness (QED) is 0.425. The number of fused-ring (bicyclic) bond motifs is 1. The predicted molar refractivity (Wildman–Crippen MR) is 135 cm³/mol. The van der Waals surface area contributed by atoms with E-state index in [0.717, 1.165) is 56.5 Å². The highest BCUT2D eigenvalue weighted by Gasteiger charge is 2.28. The molecule has 1 saturated heterocycles. The molecule has 2 heterocycles. The molecule has 1 aliphatic rings. The van der Waals surface area contributed by atoms with Crippen LogP contribution in [0.25, 0.3) is 10.8 Å². The molecule has 0 spiro atoms. The number of likely N-dealkylation sites (tertiary alicyclic amines) is 1. The topological polar surface area (TPSA) is 66.6 Å². The third-order valence-corrected chi connectivity index (χ3v) is 10.3. The van der Waals surface area contributed by atoms with E-state index in [1.807, 2.05) is 24.1 Å². The summed E-state index contributed by atoms with van der Waals surface area (Å²) in [5.74, 6) is 0.601. The molecule has 4 rings (SSSR count). The first-order chi connectivity index (χ1) is 14.8. The second-order valence-electron chi connectivity index (χ2n) is 8.76. The summed E-state index contributed by atoms with van der Waals surface area (Å²) in [5, 5.41) is 3.08. The van der Waals surface area contributed by atoms with Crippen molar-refractivity contribution in [3.8, 4) is 0 Å². The summed E-state index contributed by atoms with van der Waals surface area (Å²) in [7, 11) is -2.44. The average molecular weight is 471 g/mol. The predicted octanol–water partition coefficient (Wildman–Crippen LogP) is 4.51. The van der Waals surface area contributed by atoms with Crippen molar-refractivity contribution in [2.45, 2.75) is 42.6 Å². The fourth-order valence-electron chi connectivity index (χ4n) is 4.34. The number of nitrogens with two attached hydrogens (primary N) is 1. The number of piperidine rings is 1. The molecule has 0 bridgehead atoms. The molecule has 0 saturated carbocycles. The first-order valence-corrected chi connectivity index (χ1v) is 15.7. The Bertz CT molecular complexity index is 1100. The van der Waals surface area contributed by atoms with Crippen LogP contribution in [-0.4, -0.2) is 43.3 Å². The van der Waals surface area contributed by atoms with Gasteiger partial charge in [0, 0.05) is 30.4 Å². The number of hydrogen-bond acceptors (Lipinski definition) is 5. The molecule has 0 aliphatic carbocycles. The second-order valence-corrected chi connectivity index (χ2v) is 14.5. The van der Waals surface area contributed by atoms with Gasteiger partial charge in [0.05, 0.1) is 4.21 Å². The van der Waals surface area contributed by atoms with Gasteiger partial charge in [-0.05, 0) is 54.4 Å². The van der Waals surface area contributed by atoms with E-state index in [1.165, 1.54) is 5.56 Å². The standard InChI is InChI=1S/C24H30N2O2S2Si/c1-29-24-20-8-7-19(31(2,3)28)14-21(20)22(30-24)23(27)26-11-9-17(10-12-26)18-6-4-5-16(13-18)15-25/h4-8,13-14,17,28H,9-12,15,25H2,1-3H3. The number of nitrogens with zero attached hydrogens (tertiary/aromatic N) is 1. The fraction of sp³-hybridized carbons (Fsp3) is 0.375. The molecule has 164 valence electrons. The van der Waals surface area contributed by atoms with Crippen molar-refractivity contribution in [1.29, 1.82) is 0 Å². The lowest BCUT2D eigenvalue weighted by molar-refractivity contribution is 0.0719. The van der Waals surface area contributed by atoms with Gasteiger partial charge in [-0.1, -0.05) is 42.5 Å². The summed E-state index contributed by atoms with van der Waals surface area (Å²) in [6.45, 7) is 5.93. The highest BCUT2D eigenvalue weighted by atomic mass is 32.2. The van der Waals surface area contributed by atoms with E-state index in [2.05, 4.69) is 42.7 Å². The summed E-state index contributed by atoms with van der Waals surface area (Å²) in [6.07, 6.45) is 4.00. The zero-order valence-corrected chi connectivity index (χ0v) is 21.0. The minimum absolute atomic E-state index is 0.124. The lowest BCUT2D eigenvalue weighted by atomic mass is 9.88. The van der Waals surface area contributed by atoms with Gasteiger partial charge in [-0.15, -0.1) is 23.1 Å². The number of benzene rings is 2. The van der Waals surface area contributed by atoms with E-state index in [4.69, 9.17) is 5.73 Å². The summed E-state index contributed by atoms with van der Waals surface area (Å²) < 4.78 is 1.16. The maximum atomic E-state index is 13.5. The molecular weight excluding hydrogens is 440 g/mol. The number of carbonyl (C=O) groups excluding carboxylic acids is 1. The SMILES string of the molecule is CSc1sc(C(=O)N2CCC(c3cccc(CN)c3)CC2)c2cc([Si](C)(C)O)ccc12. The lowest BCUT2D eigenvalue weighted by Crippen LogP contribution is -2.41. The molecule has 1 aromatic heterocycles. The van der Waals surface area contributed by atoms with Crippen LogP contribution in [0.15, 0.2) is 46.7 Å². The number of rotatable bonds is 5. The van der Waals surface area contributed by atoms with E-state index in [1.54, 1.807) is 23.1 Å². The maximum Gasteiger partial charge on any atom is 0.264 e. The molecule has 0 atom stereocenters. The molecule has 0 unspecified atom stereocenters. The Morgan fingerprint density at radius 1 is 1.19 bits per heavy atom. The molecule has 7 heteroatoms. The molecule has 1 fully saturated rings. The van der Waals surface area contributed by atoms with Gasteiger partial charge in [0.15, 0.2) is 0 Å². The first-order valence-electron chi connectivity index (χ1n) is 10.7. The van der Waals surface area contributed by atoms with Gasteiger partial charge in [-0.3, -0.25) is 4.79 Å². The number of amides is 1. The van der Waals surface area contributed by atoms with Crippen LogP contribution >= 0.6 is 23.1 Å². The fourth-order valence-corrected chi connectivity index (χ4v) is 7.28. The maximum absolute atomic E-state index is 13.5. The lowest BCUT2D eigenvalue weighted by Gasteiger charge is -2.32. The van der Waals surface area contributed by atoms with E-state index in [9.17, 15) is 9.59 Å². The van der Waals surface area contributed by atoms with Crippen LogP contribution in [0.1, 0.15) is 39.6 Å². The van der Waals surface area contributed by atoms with E-state index in [0.29, 0.717) is 12.5 Å². The number of hydrogen-bond donors (Lipinski definition) is 2. The largest absolute Gasteiger partial charge is 0.428 e. The smallest absolute Gasteiger partial charge is 0.264 e. The Morgan fingerprint density at radius 3 is 2.58 bits per heavy atom. The molecule has 4 nitrogen and oxygen atoms in total. The van der Waals surface area contributed by atoms with Crippen molar-refractivity contribution in [1.82, 2.24) is 4.90 Å². The van der Waals surface area contributed by atoms with E-state index in [-0.39, 0.29) is 5.91 Å². The molecule has 2 aromatic carbocycles. The molecule has 1 aliphatic heterocycles. The van der Waals surface area contributed by atoms with E-state index >= 15 is 0 Å². The minimum Gasteiger partial charge on any atom is -0.428 e. The van der Waals surface area contributed by atoms with Crippen molar-refractivity contribution in [3.05, 3.63) is 58.5 Å². The Balaban J connectivity index is 1.57. The van der Waals surface area contributed by atoms with Crippen LogP contribution in [0, 0.1) is 0 Å². The molecule has 3 N–H and O–H groups in total. The van der Waals surface area contributed by atoms with Crippen molar-refractivity contribution in [3.63, 3.8) is 0 Å². The zero-order chi connectivity index (χ0) is 22.2. The van der Waals surface area contributed by atoms with Crippen molar-refractivity contribution >= 4 is 53.3 Å². The molecule has 31 heavy (non-hydrogen) atoms. The van der Waals surface area contributed by atoms with Crippen molar-refractivity contribution in [2.24, 2.45) is 5.73 Å². The number of carbonyl (C=O) groups is 1. The summed E-state index contributed by atoms with van der Waals surface area (Å²) in [5.41, 5.74) is 8.30. The normalized spacial score (nSPS) is 15.6.